The van der Waals surface area contributed by atoms with Gasteiger partial charge in [0, 0.05) is 5.56 Å². The lowest BCUT2D eigenvalue weighted by Crippen LogP contribution is -2.00. The molecule has 2 N–H and O–H groups in total. The summed E-state index contributed by atoms with van der Waals surface area (Å²) in [5.41, 5.74) is 0.560. The van der Waals surface area contributed by atoms with Crippen LogP contribution in [0, 0.1) is 5.41 Å². The normalized spacial score (nSPS) is 8.09. The highest BCUT2D eigenvalue weighted by molar-refractivity contribution is 5.90. The molecule has 0 spiro atoms. The highest BCUT2D eigenvalue weighted by Gasteiger charge is 1.97. The minimum atomic E-state index is -0.236. The highest BCUT2D eigenvalue weighted by Crippen LogP contribution is 1.98. The van der Waals surface area contributed by atoms with Crippen molar-refractivity contribution in [1.29, 1.82) is 5.41 Å². The number of benzene rings is 1. The highest BCUT2D eigenvalue weighted by atomic mass is 35.5. The van der Waals surface area contributed by atoms with Crippen LogP contribution in [0.25, 0.3) is 0 Å². The SMILES string of the molecule is Cl.N=C(OO)c1ccccc1. The van der Waals surface area contributed by atoms with Crippen molar-refractivity contribution in [2.24, 2.45) is 0 Å². The molecule has 0 radical (unpaired) electrons. The van der Waals surface area contributed by atoms with Crippen LogP contribution in [-0.2, 0) is 4.89 Å². The summed E-state index contributed by atoms with van der Waals surface area (Å²) in [6, 6.07) is 8.72. The zero-order valence-electron chi connectivity index (χ0n) is 5.65. The second-order valence-corrected chi connectivity index (χ2v) is 1.79. The zero-order chi connectivity index (χ0) is 7.40. The first-order chi connectivity index (χ1) is 4.84. The second kappa shape index (κ2) is 4.71. The molecule has 0 aliphatic heterocycles. The number of hydrogen-bond donors (Lipinski definition) is 2. The maximum Gasteiger partial charge on any atom is 0.255 e. The van der Waals surface area contributed by atoms with Gasteiger partial charge in [0.15, 0.2) is 0 Å². The van der Waals surface area contributed by atoms with Gasteiger partial charge < -0.3 is 4.89 Å². The van der Waals surface area contributed by atoms with Gasteiger partial charge in [-0.05, 0) is 12.1 Å². The van der Waals surface area contributed by atoms with Crippen LogP contribution < -0.4 is 0 Å². The maximum absolute atomic E-state index is 8.06. The molecule has 0 saturated heterocycles. The van der Waals surface area contributed by atoms with Crippen LogP contribution in [0.15, 0.2) is 30.3 Å². The Balaban J connectivity index is 0.000001000. The molecule has 0 aromatic heterocycles. The van der Waals surface area contributed by atoms with Crippen LogP contribution in [0.1, 0.15) is 5.56 Å². The van der Waals surface area contributed by atoms with E-state index >= 15 is 0 Å². The summed E-state index contributed by atoms with van der Waals surface area (Å²) in [6.45, 7) is 0. The average molecular weight is 174 g/mol. The van der Waals surface area contributed by atoms with Crippen molar-refractivity contribution >= 4 is 18.3 Å². The second-order valence-electron chi connectivity index (χ2n) is 1.79. The molecule has 0 atom stereocenters. The minimum absolute atomic E-state index is 0. The molecule has 0 bridgehead atoms. The standard InChI is InChI=1S/C7H7NO2.ClH/c8-7(10-9)6-4-2-1-3-5-6;/h1-5,8-9H;1H. The molecule has 11 heavy (non-hydrogen) atoms. The van der Waals surface area contributed by atoms with Crippen molar-refractivity contribution < 1.29 is 10.1 Å². The van der Waals surface area contributed by atoms with Crippen molar-refractivity contribution in [3.05, 3.63) is 35.9 Å². The van der Waals surface area contributed by atoms with E-state index in [9.17, 15) is 0 Å². The third-order valence-electron chi connectivity index (χ3n) is 1.13. The molecule has 3 nitrogen and oxygen atoms in total. The predicted molar refractivity (Wildman–Crippen MR) is 44.2 cm³/mol. The quantitative estimate of drug-likeness (QED) is 0.295. The summed E-state index contributed by atoms with van der Waals surface area (Å²) in [7, 11) is 0. The Labute approximate surface area is 70.5 Å². The average Bonchev–Trinajstić information content (AvgIpc) is 2.05. The number of hydrogen-bond acceptors (Lipinski definition) is 3. The third kappa shape index (κ3) is 2.57. The van der Waals surface area contributed by atoms with Gasteiger partial charge in [0.25, 0.3) is 5.90 Å². The van der Waals surface area contributed by atoms with Crippen molar-refractivity contribution in [3.8, 4) is 0 Å². The fraction of sp³-hybridized carbons (Fsp3) is 0. The lowest BCUT2D eigenvalue weighted by atomic mass is 10.2. The van der Waals surface area contributed by atoms with E-state index in [1.54, 1.807) is 24.3 Å². The van der Waals surface area contributed by atoms with Gasteiger partial charge in [0.2, 0.25) is 0 Å². The summed E-state index contributed by atoms with van der Waals surface area (Å²) in [5.74, 6) is -0.236. The molecule has 0 amide bonds. The van der Waals surface area contributed by atoms with Crippen LogP contribution in [0.2, 0.25) is 0 Å². The monoisotopic (exact) mass is 173 g/mol. The lowest BCUT2D eigenvalue weighted by Gasteiger charge is -1.96. The Morgan fingerprint density at radius 3 is 2.27 bits per heavy atom. The Morgan fingerprint density at radius 1 is 1.27 bits per heavy atom. The van der Waals surface area contributed by atoms with Crippen LogP contribution in [0.3, 0.4) is 0 Å². The summed E-state index contributed by atoms with van der Waals surface area (Å²) in [4.78, 5) is 3.72. The Bertz CT molecular complexity index is 225. The molecule has 1 aromatic carbocycles. The van der Waals surface area contributed by atoms with Gasteiger partial charge in [0.1, 0.15) is 0 Å². The minimum Gasteiger partial charge on any atom is -0.319 e. The summed E-state index contributed by atoms with van der Waals surface area (Å²) in [6.07, 6.45) is 0. The van der Waals surface area contributed by atoms with Crippen molar-refractivity contribution in [2.75, 3.05) is 0 Å². The Morgan fingerprint density at radius 2 is 1.82 bits per heavy atom. The molecule has 0 unspecified atom stereocenters. The molecule has 1 rings (SSSR count). The fourth-order valence-corrected chi connectivity index (χ4v) is 0.642. The van der Waals surface area contributed by atoms with E-state index in [0.29, 0.717) is 5.56 Å². The number of rotatable bonds is 1. The van der Waals surface area contributed by atoms with Crippen LogP contribution in [-0.4, -0.2) is 11.2 Å². The molecule has 0 aliphatic carbocycles. The van der Waals surface area contributed by atoms with Gasteiger partial charge >= 0.3 is 0 Å². The zero-order valence-corrected chi connectivity index (χ0v) is 6.47. The van der Waals surface area contributed by atoms with Crippen molar-refractivity contribution in [2.45, 2.75) is 0 Å². The van der Waals surface area contributed by atoms with Crippen molar-refractivity contribution in [1.82, 2.24) is 0 Å². The van der Waals surface area contributed by atoms with E-state index in [-0.39, 0.29) is 18.3 Å². The van der Waals surface area contributed by atoms with Gasteiger partial charge in [-0.25, -0.2) is 5.26 Å². The number of halogens is 1. The summed E-state index contributed by atoms with van der Waals surface area (Å²) >= 11 is 0. The van der Waals surface area contributed by atoms with Crippen molar-refractivity contribution in [3.63, 3.8) is 0 Å². The summed E-state index contributed by atoms with van der Waals surface area (Å²) < 4.78 is 0. The van der Waals surface area contributed by atoms with Gasteiger partial charge in [-0.2, -0.15) is 0 Å². The molecular weight excluding hydrogens is 166 g/mol. The predicted octanol–water partition coefficient (Wildman–Crippen LogP) is 1.92. The van der Waals surface area contributed by atoms with E-state index < -0.39 is 0 Å². The van der Waals surface area contributed by atoms with Crippen LogP contribution in [0.5, 0.6) is 0 Å². The first kappa shape index (κ1) is 9.94. The largest absolute Gasteiger partial charge is 0.319 e. The Kier molecular flexibility index (Phi) is 4.26. The molecular formula is C7H8ClNO2. The molecule has 1 aromatic rings. The van der Waals surface area contributed by atoms with Gasteiger partial charge in [-0.3, -0.25) is 5.41 Å². The van der Waals surface area contributed by atoms with Gasteiger partial charge in [0.05, 0.1) is 0 Å². The van der Waals surface area contributed by atoms with E-state index in [0.717, 1.165) is 0 Å². The van der Waals surface area contributed by atoms with Gasteiger partial charge in [-0.1, -0.05) is 18.2 Å². The number of nitrogens with one attached hydrogen (secondary N) is 1. The van der Waals surface area contributed by atoms with E-state index in [4.69, 9.17) is 10.7 Å². The van der Waals surface area contributed by atoms with E-state index in [1.807, 2.05) is 6.07 Å². The lowest BCUT2D eigenvalue weighted by molar-refractivity contribution is -0.154. The van der Waals surface area contributed by atoms with Crippen LogP contribution >= 0.6 is 12.4 Å². The molecule has 4 heteroatoms. The topological polar surface area (TPSA) is 53.3 Å². The smallest absolute Gasteiger partial charge is 0.255 e. The van der Waals surface area contributed by atoms with E-state index in [2.05, 4.69) is 4.89 Å². The van der Waals surface area contributed by atoms with Gasteiger partial charge in [-0.15, -0.1) is 12.4 Å². The molecule has 0 aliphatic rings. The molecule has 0 heterocycles. The maximum atomic E-state index is 8.06. The summed E-state index contributed by atoms with van der Waals surface area (Å²) in [5, 5.41) is 15.1. The fourth-order valence-electron chi connectivity index (χ4n) is 0.642. The first-order valence-corrected chi connectivity index (χ1v) is 2.80. The van der Waals surface area contributed by atoms with Crippen LogP contribution in [0.4, 0.5) is 0 Å². The Hall–Kier alpha value is -1.06. The third-order valence-corrected chi connectivity index (χ3v) is 1.13. The first-order valence-electron chi connectivity index (χ1n) is 2.80. The molecule has 0 saturated carbocycles. The molecule has 0 fully saturated rings. The molecule has 60 valence electrons. The van der Waals surface area contributed by atoms with E-state index in [1.165, 1.54) is 0 Å².